The second-order valence-electron chi connectivity index (χ2n) is 6.86. The van der Waals surface area contributed by atoms with Crippen LogP contribution >= 0.6 is 0 Å². The number of hydrogen-bond acceptors (Lipinski definition) is 3. The normalized spacial score (nSPS) is 20.9. The van der Waals surface area contributed by atoms with E-state index in [1.54, 1.807) is 0 Å². The summed E-state index contributed by atoms with van der Waals surface area (Å²) in [7, 11) is 0. The van der Waals surface area contributed by atoms with E-state index in [0.717, 1.165) is 27.7 Å². The number of aromatic amines is 1. The standard InChI is InChI=1S/C17H19N5/c1-11-16-14(3-2-4-15(16)21-20-11)12-7-19-22(8-12)13-5-17(6-13)9-18-10-17/h2-4,7-8,13,18H,5-6,9-10H2,1H3,(H,20,21)/i/hD. The van der Waals surface area contributed by atoms with E-state index in [-0.39, 0.29) is 0 Å². The molecule has 2 N–H and O–H groups in total. The molecule has 0 bridgehead atoms. The zero-order valence-electron chi connectivity index (χ0n) is 13.6. The molecule has 0 atom stereocenters. The Morgan fingerprint density at radius 3 is 3.00 bits per heavy atom. The summed E-state index contributed by atoms with van der Waals surface area (Å²) in [5, 5.41) is 14.5. The van der Waals surface area contributed by atoms with E-state index in [9.17, 15) is 0 Å². The van der Waals surface area contributed by atoms with Gasteiger partial charge in [-0.2, -0.15) is 10.2 Å². The first-order valence-corrected chi connectivity index (χ1v) is 7.88. The maximum atomic E-state index is 7.91. The Bertz CT molecular complexity index is 897. The molecule has 0 amide bonds. The lowest BCUT2D eigenvalue weighted by Gasteiger charge is -2.54. The number of aromatic nitrogens is 4. The van der Waals surface area contributed by atoms with Crippen molar-refractivity contribution in [3.05, 3.63) is 36.3 Å². The molecule has 3 heterocycles. The summed E-state index contributed by atoms with van der Waals surface area (Å²) in [6.07, 6.45) is 6.56. The number of nitrogens with zero attached hydrogens (tertiary/aromatic N) is 3. The van der Waals surface area contributed by atoms with Gasteiger partial charge in [-0.3, -0.25) is 9.77 Å². The molecule has 1 aromatic carbocycles. The maximum Gasteiger partial charge on any atom is 0.190 e. The Morgan fingerprint density at radius 2 is 2.23 bits per heavy atom. The SMILES string of the molecule is [2H]n1nc(C)c2c(-c3cnn(C4CC5(CNC5)C4)c3)cccc21. The highest BCUT2D eigenvalue weighted by Gasteiger charge is 2.49. The fraction of sp³-hybridized carbons (Fsp3) is 0.412. The molecule has 2 fully saturated rings. The van der Waals surface area contributed by atoms with E-state index in [1.165, 1.54) is 31.0 Å². The lowest BCUT2D eigenvalue weighted by atomic mass is 9.62. The highest BCUT2D eigenvalue weighted by molar-refractivity contribution is 5.96. The largest absolute Gasteiger partial charge is 0.316 e. The van der Waals surface area contributed by atoms with E-state index in [1.807, 2.05) is 25.3 Å². The highest BCUT2D eigenvalue weighted by Crippen LogP contribution is 2.50. The average Bonchev–Trinajstić information content (AvgIpc) is 3.02. The Morgan fingerprint density at radius 1 is 1.36 bits per heavy atom. The lowest BCUT2D eigenvalue weighted by molar-refractivity contribution is 0.00238. The van der Waals surface area contributed by atoms with Gasteiger partial charge >= 0.3 is 0 Å². The number of H-pyrrole nitrogens is 1. The van der Waals surface area contributed by atoms with Crippen molar-refractivity contribution >= 4 is 10.9 Å². The van der Waals surface area contributed by atoms with Gasteiger partial charge in [-0.15, -0.1) is 0 Å². The molecule has 3 aromatic rings. The molecule has 2 aromatic heterocycles. The van der Waals surface area contributed by atoms with Crippen LogP contribution in [0, 0.1) is 12.3 Å². The van der Waals surface area contributed by atoms with E-state index >= 15 is 0 Å². The zero-order valence-corrected chi connectivity index (χ0v) is 12.6. The minimum atomic E-state index is 0.532. The number of aryl methyl sites for hydroxylation is 1. The van der Waals surface area contributed by atoms with Crippen molar-refractivity contribution in [2.75, 3.05) is 13.1 Å². The number of benzene rings is 1. The number of nitrogens with one attached hydrogen (secondary N) is 2. The summed E-state index contributed by atoms with van der Waals surface area (Å²) < 4.78 is 10.0. The monoisotopic (exact) mass is 294 g/mol. The van der Waals surface area contributed by atoms with Crippen LogP contribution in [-0.2, 0) is 0 Å². The van der Waals surface area contributed by atoms with Gasteiger partial charge in [0.15, 0.2) is 1.41 Å². The van der Waals surface area contributed by atoms with Crippen LogP contribution in [0.5, 0.6) is 0 Å². The molecule has 2 aliphatic rings. The summed E-state index contributed by atoms with van der Waals surface area (Å²) in [4.78, 5) is 0. The van der Waals surface area contributed by atoms with Gasteiger partial charge in [0.1, 0.15) is 0 Å². The van der Waals surface area contributed by atoms with Crippen LogP contribution < -0.4 is 5.32 Å². The molecule has 5 rings (SSSR count). The number of fused-ring (bicyclic) bond motifs is 1. The first kappa shape index (κ1) is 11.4. The van der Waals surface area contributed by atoms with Crippen LogP contribution in [0.25, 0.3) is 22.0 Å². The summed E-state index contributed by atoms with van der Waals surface area (Å²) in [5.41, 5.74) is 4.51. The maximum absolute atomic E-state index is 7.91. The minimum Gasteiger partial charge on any atom is -0.316 e. The van der Waals surface area contributed by atoms with E-state index < -0.39 is 0 Å². The zero-order chi connectivity index (χ0) is 15.6. The van der Waals surface area contributed by atoms with Crippen molar-refractivity contribution in [1.82, 2.24) is 25.3 Å². The third-order valence-electron chi connectivity index (χ3n) is 5.34. The quantitative estimate of drug-likeness (QED) is 0.764. The van der Waals surface area contributed by atoms with Crippen LogP contribution in [0.15, 0.2) is 30.6 Å². The molecule has 1 aliphatic heterocycles. The van der Waals surface area contributed by atoms with Crippen molar-refractivity contribution in [3.63, 3.8) is 0 Å². The van der Waals surface area contributed by atoms with Crippen LogP contribution in [-0.4, -0.2) is 33.1 Å². The molecule has 0 radical (unpaired) electrons. The highest BCUT2D eigenvalue weighted by atomic mass is 15.3. The molecule has 0 unspecified atom stereocenters. The first-order valence-electron chi connectivity index (χ1n) is 8.33. The molecule has 1 saturated carbocycles. The van der Waals surface area contributed by atoms with Crippen molar-refractivity contribution in [3.8, 4) is 11.1 Å². The van der Waals surface area contributed by atoms with E-state index in [2.05, 4.69) is 32.5 Å². The third kappa shape index (κ3) is 1.63. The molecule has 5 nitrogen and oxygen atoms in total. The van der Waals surface area contributed by atoms with Gasteiger partial charge in [-0.1, -0.05) is 12.1 Å². The lowest BCUT2D eigenvalue weighted by Crippen LogP contribution is -2.60. The smallest absolute Gasteiger partial charge is 0.190 e. The van der Waals surface area contributed by atoms with Gasteiger partial charge in [-0.05, 0) is 36.8 Å². The van der Waals surface area contributed by atoms with Gasteiger partial charge in [-0.25, -0.2) is 0 Å². The van der Waals surface area contributed by atoms with Crippen molar-refractivity contribution in [2.24, 2.45) is 5.41 Å². The minimum absolute atomic E-state index is 0.532. The predicted molar refractivity (Wildman–Crippen MR) is 85.6 cm³/mol. The van der Waals surface area contributed by atoms with Crippen molar-refractivity contribution in [1.29, 1.82) is 0 Å². The predicted octanol–water partition coefficient (Wildman–Crippen LogP) is 2.66. The molecule has 1 saturated heterocycles. The molecule has 22 heavy (non-hydrogen) atoms. The van der Waals surface area contributed by atoms with Gasteiger partial charge in [0.2, 0.25) is 0 Å². The van der Waals surface area contributed by atoms with Crippen LogP contribution in [0.2, 0.25) is 1.41 Å². The second-order valence-corrected chi connectivity index (χ2v) is 6.86. The van der Waals surface area contributed by atoms with Crippen molar-refractivity contribution < 1.29 is 1.41 Å². The van der Waals surface area contributed by atoms with Crippen LogP contribution in [0.4, 0.5) is 0 Å². The van der Waals surface area contributed by atoms with Gasteiger partial charge in [0.25, 0.3) is 0 Å². The van der Waals surface area contributed by atoms with E-state index in [4.69, 9.17) is 1.41 Å². The fourth-order valence-corrected chi connectivity index (χ4v) is 3.99. The Hall–Kier alpha value is -2.14. The first-order chi connectivity index (χ1) is 11.2. The Balaban J connectivity index is 1.51. The van der Waals surface area contributed by atoms with Gasteiger partial charge in [0.05, 0.1) is 23.4 Å². The molecule has 5 heteroatoms. The van der Waals surface area contributed by atoms with E-state index in [0.29, 0.717) is 11.5 Å². The Labute approximate surface area is 130 Å². The van der Waals surface area contributed by atoms with Gasteiger partial charge in [0, 0.05) is 30.2 Å². The molecule has 112 valence electrons. The second kappa shape index (κ2) is 4.20. The number of rotatable bonds is 2. The summed E-state index contributed by atoms with van der Waals surface area (Å²) in [6, 6.07) is 6.55. The third-order valence-corrected chi connectivity index (χ3v) is 5.34. The molecular weight excluding hydrogens is 274 g/mol. The Kier molecular flexibility index (Phi) is 2.18. The molecular formula is C17H19N5. The van der Waals surface area contributed by atoms with Crippen LogP contribution in [0.3, 0.4) is 0 Å². The molecule has 1 aliphatic carbocycles. The topological polar surface area (TPSA) is 58.5 Å². The fourth-order valence-electron chi connectivity index (χ4n) is 3.99. The molecule has 1 spiro atoms. The summed E-state index contributed by atoms with van der Waals surface area (Å²) in [6.45, 7) is 4.29. The van der Waals surface area contributed by atoms with Crippen LogP contribution in [0.1, 0.15) is 24.6 Å². The van der Waals surface area contributed by atoms with Gasteiger partial charge < -0.3 is 5.32 Å². The average molecular weight is 294 g/mol. The number of hydrogen-bond donors (Lipinski definition) is 2. The summed E-state index contributed by atoms with van der Waals surface area (Å²) in [5.74, 6) is 0. The van der Waals surface area contributed by atoms with Crippen molar-refractivity contribution in [2.45, 2.75) is 25.8 Å². The summed E-state index contributed by atoms with van der Waals surface area (Å²) >= 11 is 0.